The van der Waals surface area contributed by atoms with Gasteiger partial charge in [0.25, 0.3) is 0 Å². The molecule has 0 spiro atoms. The van der Waals surface area contributed by atoms with Crippen molar-refractivity contribution in [2.45, 2.75) is 30.6 Å². The molecule has 0 saturated heterocycles. The molecule has 1 aliphatic rings. The highest BCUT2D eigenvalue weighted by Crippen LogP contribution is 2.34. The zero-order valence-corrected chi connectivity index (χ0v) is 19.8. The molecule has 8 heteroatoms. The van der Waals surface area contributed by atoms with Crippen molar-refractivity contribution in [3.05, 3.63) is 74.4 Å². The first kappa shape index (κ1) is 22.0. The van der Waals surface area contributed by atoms with Crippen LogP contribution in [0.15, 0.2) is 47.6 Å². The normalized spacial score (nSPS) is 16.6. The Kier molecular flexibility index (Phi) is 6.98. The van der Waals surface area contributed by atoms with Crippen molar-refractivity contribution in [1.29, 1.82) is 0 Å². The summed E-state index contributed by atoms with van der Waals surface area (Å²) >= 11 is 20.5. The van der Waals surface area contributed by atoms with Gasteiger partial charge in [-0.2, -0.15) is 5.10 Å². The SMILES string of the molecule is COCC1Cc2ccccc2CN1Cc1cn(-c2c(Cl)cc(Cl)cc2Cl)nc1SC. The molecular weight excluding hydrogens is 461 g/mol. The molecule has 158 valence electrons. The number of hydrogen-bond donors (Lipinski definition) is 0. The van der Waals surface area contributed by atoms with Crippen molar-refractivity contribution in [2.24, 2.45) is 0 Å². The van der Waals surface area contributed by atoms with Gasteiger partial charge in [0.05, 0.1) is 16.7 Å². The zero-order chi connectivity index (χ0) is 21.3. The molecule has 2 heterocycles. The van der Waals surface area contributed by atoms with Crippen LogP contribution in [0.4, 0.5) is 0 Å². The van der Waals surface area contributed by atoms with E-state index in [1.165, 1.54) is 11.1 Å². The van der Waals surface area contributed by atoms with Gasteiger partial charge in [-0.1, -0.05) is 59.1 Å². The lowest BCUT2D eigenvalue weighted by Crippen LogP contribution is -2.42. The fraction of sp³-hybridized carbons (Fsp3) is 0.318. The molecule has 0 amide bonds. The summed E-state index contributed by atoms with van der Waals surface area (Å²) in [7, 11) is 1.76. The molecule has 0 saturated carbocycles. The largest absolute Gasteiger partial charge is 0.383 e. The first-order valence-corrected chi connectivity index (χ1v) is 11.9. The molecule has 1 aliphatic heterocycles. The van der Waals surface area contributed by atoms with Crippen molar-refractivity contribution < 1.29 is 4.74 Å². The van der Waals surface area contributed by atoms with Gasteiger partial charge in [-0.25, -0.2) is 4.68 Å². The minimum absolute atomic E-state index is 0.311. The van der Waals surface area contributed by atoms with Crippen LogP contribution in [0, 0.1) is 0 Å². The Labute approximate surface area is 196 Å². The van der Waals surface area contributed by atoms with E-state index in [4.69, 9.17) is 44.6 Å². The molecule has 3 aromatic rings. The van der Waals surface area contributed by atoms with E-state index in [0.29, 0.717) is 33.4 Å². The van der Waals surface area contributed by atoms with Crippen LogP contribution < -0.4 is 0 Å². The molecular formula is C22H22Cl3N3OS. The number of nitrogens with zero attached hydrogens (tertiary/aromatic N) is 3. The van der Waals surface area contributed by atoms with Crippen LogP contribution in [0.2, 0.25) is 15.1 Å². The molecule has 0 radical (unpaired) electrons. The first-order chi connectivity index (χ1) is 14.5. The predicted molar refractivity (Wildman–Crippen MR) is 125 cm³/mol. The van der Waals surface area contributed by atoms with Crippen molar-refractivity contribution in [3.63, 3.8) is 0 Å². The van der Waals surface area contributed by atoms with E-state index in [0.717, 1.165) is 30.1 Å². The molecule has 0 N–H and O–H groups in total. The smallest absolute Gasteiger partial charge is 0.123 e. The fourth-order valence-electron chi connectivity index (χ4n) is 3.94. The zero-order valence-electron chi connectivity index (χ0n) is 16.7. The van der Waals surface area contributed by atoms with Crippen molar-refractivity contribution >= 4 is 46.6 Å². The number of hydrogen-bond acceptors (Lipinski definition) is 4. The van der Waals surface area contributed by atoms with Gasteiger partial charge in [-0.15, -0.1) is 11.8 Å². The number of rotatable bonds is 6. The van der Waals surface area contributed by atoms with Crippen LogP contribution >= 0.6 is 46.6 Å². The third kappa shape index (κ3) is 4.52. The molecule has 4 rings (SSSR count). The van der Waals surface area contributed by atoms with Gasteiger partial charge < -0.3 is 4.74 Å². The van der Waals surface area contributed by atoms with Gasteiger partial charge in [0.15, 0.2) is 0 Å². The predicted octanol–water partition coefficient (Wildman–Crippen LogP) is 6.13. The van der Waals surface area contributed by atoms with Gasteiger partial charge in [-0.05, 0) is 35.9 Å². The molecule has 0 aliphatic carbocycles. The Morgan fingerprint density at radius 2 is 1.83 bits per heavy atom. The molecule has 4 nitrogen and oxygen atoms in total. The summed E-state index contributed by atoms with van der Waals surface area (Å²) in [6, 6.07) is 12.3. The molecule has 1 atom stereocenters. The maximum atomic E-state index is 6.42. The summed E-state index contributed by atoms with van der Waals surface area (Å²) in [6.45, 7) is 2.33. The van der Waals surface area contributed by atoms with Crippen molar-refractivity contribution in [3.8, 4) is 5.69 Å². The topological polar surface area (TPSA) is 30.3 Å². The monoisotopic (exact) mass is 481 g/mol. The number of benzene rings is 2. The maximum absolute atomic E-state index is 6.42. The third-order valence-electron chi connectivity index (χ3n) is 5.35. The van der Waals surface area contributed by atoms with Gasteiger partial charge in [0.2, 0.25) is 0 Å². The minimum Gasteiger partial charge on any atom is -0.383 e. The van der Waals surface area contributed by atoms with Gasteiger partial charge in [0.1, 0.15) is 10.7 Å². The Balaban J connectivity index is 1.66. The quantitative estimate of drug-likeness (QED) is 0.396. The van der Waals surface area contributed by atoms with Gasteiger partial charge >= 0.3 is 0 Å². The maximum Gasteiger partial charge on any atom is 0.123 e. The molecule has 1 unspecified atom stereocenters. The molecule has 0 bridgehead atoms. The van der Waals surface area contributed by atoms with E-state index in [1.807, 2.05) is 12.5 Å². The highest BCUT2D eigenvalue weighted by atomic mass is 35.5. The Morgan fingerprint density at radius 3 is 2.50 bits per heavy atom. The Hall–Kier alpha value is -1.21. The van der Waals surface area contributed by atoms with E-state index in [-0.39, 0.29) is 0 Å². The lowest BCUT2D eigenvalue weighted by Gasteiger charge is -2.36. The second kappa shape index (κ2) is 9.51. The van der Waals surface area contributed by atoms with Crippen LogP contribution in [0.3, 0.4) is 0 Å². The molecule has 1 aromatic heterocycles. The van der Waals surface area contributed by atoms with Crippen molar-refractivity contribution in [2.75, 3.05) is 20.0 Å². The summed E-state index contributed by atoms with van der Waals surface area (Å²) in [6.07, 6.45) is 5.01. The number of fused-ring (bicyclic) bond motifs is 1. The lowest BCUT2D eigenvalue weighted by molar-refractivity contribution is 0.0717. The van der Waals surface area contributed by atoms with Crippen molar-refractivity contribution in [1.82, 2.24) is 14.7 Å². The lowest BCUT2D eigenvalue weighted by atomic mass is 9.94. The summed E-state index contributed by atoms with van der Waals surface area (Å²) < 4.78 is 7.28. The first-order valence-electron chi connectivity index (χ1n) is 9.57. The second-order valence-corrected chi connectivity index (χ2v) is 9.36. The van der Waals surface area contributed by atoms with E-state index in [9.17, 15) is 0 Å². The van der Waals surface area contributed by atoms with Gasteiger partial charge in [-0.3, -0.25) is 4.90 Å². The van der Waals surface area contributed by atoms with E-state index < -0.39 is 0 Å². The Morgan fingerprint density at radius 1 is 1.13 bits per heavy atom. The fourth-order valence-corrected chi connectivity index (χ4v) is 5.48. The van der Waals surface area contributed by atoms with Gasteiger partial charge in [0, 0.05) is 43.0 Å². The molecule has 2 aromatic carbocycles. The summed E-state index contributed by atoms with van der Waals surface area (Å²) in [4.78, 5) is 2.46. The average molecular weight is 483 g/mol. The number of aromatic nitrogens is 2. The van der Waals surface area contributed by atoms with Crippen LogP contribution in [-0.2, 0) is 24.2 Å². The highest BCUT2D eigenvalue weighted by molar-refractivity contribution is 7.98. The van der Waals surface area contributed by atoms with E-state index >= 15 is 0 Å². The average Bonchev–Trinajstić information content (AvgIpc) is 3.10. The van der Waals surface area contributed by atoms with Crippen LogP contribution in [0.25, 0.3) is 5.69 Å². The second-order valence-electron chi connectivity index (χ2n) is 7.31. The van der Waals surface area contributed by atoms with Crippen LogP contribution in [0.1, 0.15) is 16.7 Å². The number of halogens is 3. The molecule has 0 fully saturated rings. The summed E-state index contributed by atoms with van der Waals surface area (Å²) in [5.41, 5.74) is 4.54. The Bertz CT molecular complexity index is 1030. The van der Waals surface area contributed by atoms with E-state index in [1.54, 1.807) is 35.7 Å². The van der Waals surface area contributed by atoms with E-state index in [2.05, 4.69) is 29.2 Å². The highest BCUT2D eigenvalue weighted by Gasteiger charge is 2.27. The summed E-state index contributed by atoms with van der Waals surface area (Å²) in [5.74, 6) is 0. The summed E-state index contributed by atoms with van der Waals surface area (Å²) in [5, 5.41) is 7.13. The third-order valence-corrected chi connectivity index (χ3v) is 6.88. The number of ether oxygens (including phenoxy) is 1. The van der Waals surface area contributed by atoms with Crippen LogP contribution in [-0.4, -0.2) is 40.7 Å². The van der Waals surface area contributed by atoms with Crippen LogP contribution in [0.5, 0.6) is 0 Å². The standard InChI is InChI=1S/C22H22Cl3N3OS/c1-29-13-18-7-14-5-3-4-6-15(14)10-27(18)11-16-12-28(26-22(16)30-2)21-19(24)8-17(23)9-20(21)25/h3-6,8-9,12,18H,7,10-11,13H2,1-2H3. The molecule has 30 heavy (non-hydrogen) atoms. The minimum atomic E-state index is 0.311. The number of thioether (sulfide) groups is 1. The number of methoxy groups -OCH3 is 1.